The number of nitrogens with zero attached hydrogens (tertiary/aromatic N) is 3. The fraction of sp³-hybridized carbons (Fsp3) is 0.500. The van der Waals surface area contributed by atoms with E-state index in [0.717, 1.165) is 0 Å². The van der Waals surface area contributed by atoms with Gasteiger partial charge in [0.05, 0.1) is 12.2 Å². The molecule has 6 nitrogen and oxygen atoms in total. The minimum atomic E-state index is -0.779. The van der Waals surface area contributed by atoms with Crippen LogP contribution in [0.2, 0.25) is 5.15 Å². The Labute approximate surface area is 91.3 Å². The van der Waals surface area contributed by atoms with E-state index in [1.165, 1.54) is 6.33 Å². The highest BCUT2D eigenvalue weighted by atomic mass is 35.5. The van der Waals surface area contributed by atoms with Gasteiger partial charge in [-0.15, -0.1) is 0 Å². The summed E-state index contributed by atoms with van der Waals surface area (Å²) in [6.07, 6.45) is -0.262. The van der Waals surface area contributed by atoms with Gasteiger partial charge in [-0.3, -0.25) is 0 Å². The Bertz CT molecular complexity index is 366. The van der Waals surface area contributed by atoms with Crippen LogP contribution in [0.15, 0.2) is 6.33 Å². The van der Waals surface area contributed by atoms with Crippen molar-refractivity contribution >= 4 is 23.1 Å². The van der Waals surface area contributed by atoms with E-state index in [1.54, 1.807) is 4.90 Å². The Morgan fingerprint density at radius 3 is 2.53 bits per heavy atom. The maximum Gasteiger partial charge on any atom is 0.157 e. The number of β-amino-alcohol motifs (C(OH)–C–C–N with tert-alkyl or cyclic N) is 2. The van der Waals surface area contributed by atoms with E-state index in [0.29, 0.717) is 18.9 Å². The molecule has 0 aliphatic carbocycles. The van der Waals surface area contributed by atoms with Gasteiger partial charge in [0.25, 0.3) is 0 Å². The first-order valence-corrected chi connectivity index (χ1v) is 4.84. The lowest BCUT2D eigenvalue weighted by molar-refractivity contribution is 0.0572. The fourth-order valence-corrected chi connectivity index (χ4v) is 1.69. The first kappa shape index (κ1) is 10.4. The number of hydrogen-bond donors (Lipinski definition) is 3. The third-order valence-corrected chi connectivity index (χ3v) is 2.67. The minimum Gasteiger partial charge on any atom is -0.393 e. The first-order valence-electron chi connectivity index (χ1n) is 4.46. The second kappa shape index (κ2) is 3.80. The van der Waals surface area contributed by atoms with Crippen LogP contribution >= 0.6 is 11.6 Å². The number of aliphatic hydroxyl groups is 2. The van der Waals surface area contributed by atoms with Crippen molar-refractivity contribution in [3.05, 3.63) is 11.5 Å². The van der Waals surface area contributed by atoms with Crippen LogP contribution in [0.3, 0.4) is 0 Å². The van der Waals surface area contributed by atoms with E-state index in [9.17, 15) is 10.2 Å². The first-order chi connectivity index (χ1) is 7.09. The quantitative estimate of drug-likeness (QED) is 0.550. The third kappa shape index (κ3) is 1.83. The van der Waals surface area contributed by atoms with Crippen molar-refractivity contribution < 1.29 is 10.2 Å². The lowest BCUT2D eigenvalue weighted by Gasteiger charge is -2.17. The van der Waals surface area contributed by atoms with Crippen molar-refractivity contribution in [1.82, 2.24) is 9.97 Å². The standard InChI is InChI=1S/C8H11ClN4O2/c9-7-6(10)8(12-3-11-7)13-1-4(14)5(15)2-13/h3-5,14-15H,1-2,10H2. The van der Waals surface area contributed by atoms with Crippen LogP contribution in [0.1, 0.15) is 0 Å². The zero-order chi connectivity index (χ0) is 11.0. The van der Waals surface area contributed by atoms with Crippen LogP contribution < -0.4 is 10.6 Å². The van der Waals surface area contributed by atoms with E-state index >= 15 is 0 Å². The largest absolute Gasteiger partial charge is 0.393 e. The highest BCUT2D eigenvalue weighted by molar-refractivity contribution is 6.32. The Balaban J connectivity index is 2.27. The van der Waals surface area contributed by atoms with E-state index in [1.807, 2.05) is 0 Å². The lowest BCUT2D eigenvalue weighted by atomic mass is 10.3. The van der Waals surface area contributed by atoms with Crippen LogP contribution in [0, 0.1) is 0 Å². The van der Waals surface area contributed by atoms with Crippen molar-refractivity contribution in [2.45, 2.75) is 12.2 Å². The second-order valence-corrected chi connectivity index (χ2v) is 3.80. The van der Waals surface area contributed by atoms with Gasteiger partial charge in [0.2, 0.25) is 0 Å². The number of rotatable bonds is 1. The van der Waals surface area contributed by atoms with Gasteiger partial charge >= 0.3 is 0 Å². The molecule has 0 bridgehead atoms. The normalized spacial score (nSPS) is 25.9. The van der Waals surface area contributed by atoms with Crippen molar-refractivity contribution in [2.75, 3.05) is 23.7 Å². The van der Waals surface area contributed by atoms with Crippen LogP contribution in [-0.2, 0) is 0 Å². The average Bonchev–Trinajstić information content (AvgIpc) is 2.51. The highest BCUT2D eigenvalue weighted by Gasteiger charge is 2.31. The summed E-state index contributed by atoms with van der Waals surface area (Å²) in [6, 6.07) is 0. The number of nitrogens with two attached hydrogens (primary N) is 1. The molecule has 4 N–H and O–H groups in total. The van der Waals surface area contributed by atoms with E-state index in [-0.39, 0.29) is 10.8 Å². The smallest absolute Gasteiger partial charge is 0.157 e. The summed E-state index contributed by atoms with van der Waals surface area (Å²) in [6.45, 7) is 0.581. The molecule has 2 rings (SSSR count). The summed E-state index contributed by atoms with van der Waals surface area (Å²) >= 11 is 5.74. The molecule has 1 saturated heterocycles. The molecule has 0 aromatic carbocycles. The van der Waals surface area contributed by atoms with Crippen LogP contribution in [-0.4, -0.2) is 45.5 Å². The molecule has 0 spiro atoms. The van der Waals surface area contributed by atoms with Gasteiger partial charge < -0.3 is 20.8 Å². The highest BCUT2D eigenvalue weighted by Crippen LogP contribution is 2.28. The molecule has 1 aromatic heterocycles. The van der Waals surface area contributed by atoms with Crippen LogP contribution in [0.4, 0.5) is 11.5 Å². The molecule has 1 aliphatic rings. The molecule has 0 amide bonds. The Morgan fingerprint density at radius 2 is 1.93 bits per heavy atom. The summed E-state index contributed by atoms with van der Waals surface area (Å²) in [5.41, 5.74) is 5.96. The number of nitrogen functional groups attached to an aromatic ring is 1. The number of anilines is 2. The zero-order valence-electron chi connectivity index (χ0n) is 7.84. The lowest BCUT2D eigenvalue weighted by Crippen LogP contribution is -2.23. The Morgan fingerprint density at radius 1 is 1.33 bits per heavy atom. The number of aliphatic hydroxyl groups excluding tert-OH is 2. The van der Waals surface area contributed by atoms with E-state index < -0.39 is 12.2 Å². The molecule has 2 atom stereocenters. The van der Waals surface area contributed by atoms with Gasteiger partial charge in [0.15, 0.2) is 11.0 Å². The van der Waals surface area contributed by atoms with Crippen molar-refractivity contribution in [2.24, 2.45) is 0 Å². The Hall–Kier alpha value is -1.11. The van der Waals surface area contributed by atoms with Gasteiger partial charge in [-0.25, -0.2) is 9.97 Å². The number of aromatic nitrogens is 2. The fourth-order valence-electron chi connectivity index (χ4n) is 1.56. The molecule has 0 radical (unpaired) electrons. The molecule has 1 aliphatic heterocycles. The molecule has 2 heterocycles. The summed E-state index contributed by atoms with van der Waals surface area (Å²) in [7, 11) is 0. The zero-order valence-corrected chi connectivity index (χ0v) is 8.59. The second-order valence-electron chi connectivity index (χ2n) is 3.44. The molecule has 15 heavy (non-hydrogen) atoms. The predicted molar refractivity (Wildman–Crippen MR) is 55.7 cm³/mol. The SMILES string of the molecule is Nc1c(Cl)ncnc1N1CC(O)C(O)C1. The summed E-state index contributed by atoms with van der Waals surface area (Å²) in [5.74, 6) is 0.450. The van der Waals surface area contributed by atoms with Gasteiger partial charge in [0, 0.05) is 13.1 Å². The third-order valence-electron chi connectivity index (χ3n) is 2.37. The molecule has 0 saturated carbocycles. The summed E-state index contributed by atoms with van der Waals surface area (Å²) in [5, 5.41) is 18.9. The van der Waals surface area contributed by atoms with E-state index in [2.05, 4.69) is 9.97 Å². The summed E-state index contributed by atoms with van der Waals surface area (Å²) < 4.78 is 0. The van der Waals surface area contributed by atoms with Crippen molar-refractivity contribution in [1.29, 1.82) is 0 Å². The predicted octanol–water partition coefficient (Wildman–Crippen LogP) is -0.746. The van der Waals surface area contributed by atoms with Gasteiger partial charge in [0.1, 0.15) is 12.0 Å². The van der Waals surface area contributed by atoms with Crippen LogP contribution in [0.5, 0.6) is 0 Å². The van der Waals surface area contributed by atoms with Gasteiger partial charge in [-0.2, -0.15) is 0 Å². The number of halogens is 1. The molecule has 7 heteroatoms. The van der Waals surface area contributed by atoms with Crippen LogP contribution in [0.25, 0.3) is 0 Å². The summed E-state index contributed by atoms with van der Waals surface area (Å²) in [4.78, 5) is 9.38. The monoisotopic (exact) mass is 230 g/mol. The maximum atomic E-state index is 9.38. The molecular formula is C8H11ClN4O2. The average molecular weight is 231 g/mol. The molecule has 1 aromatic rings. The topological polar surface area (TPSA) is 95.5 Å². The molecule has 2 unspecified atom stereocenters. The molecule has 82 valence electrons. The van der Waals surface area contributed by atoms with Crippen molar-refractivity contribution in [3.8, 4) is 0 Å². The van der Waals surface area contributed by atoms with Gasteiger partial charge in [-0.1, -0.05) is 11.6 Å². The van der Waals surface area contributed by atoms with E-state index in [4.69, 9.17) is 17.3 Å². The number of hydrogen-bond acceptors (Lipinski definition) is 6. The minimum absolute atomic E-state index is 0.177. The Kier molecular flexibility index (Phi) is 2.64. The maximum absolute atomic E-state index is 9.38. The molecular weight excluding hydrogens is 220 g/mol. The van der Waals surface area contributed by atoms with Crippen molar-refractivity contribution in [3.63, 3.8) is 0 Å². The van der Waals surface area contributed by atoms with Gasteiger partial charge in [-0.05, 0) is 0 Å². The molecule has 1 fully saturated rings.